The molecule has 3 aliphatic rings. The fourth-order valence-electron chi connectivity index (χ4n) is 5.23. The minimum atomic E-state index is -0.290. The molecule has 2 amide bonds. The number of piperidine rings is 1. The largest absolute Gasteiger partial charge is 0.491 e. The summed E-state index contributed by atoms with van der Waals surface area (Å²) in [6.45, 7) is 3.97. The molecule has 2 aliphatic heterocycles. The summed E-state index contributed by atoms with van der Waals surface area (Å²) in [7, 11) is 1.57. The first-order valence-electron chi connectivity index (χ1n) is 11.4. The maximum atomic E-state index is 13.1. The van der Waals surface area contributed by atoms with Gasteiger partial charge in [0.05, 0.1) is 12.2 Å². The van der Waals surface area contributed by atoms with Crippen LogP contribution in [0.15, 0.2) is 36.4 Å². The summed E-state index contributed by atoms with van der Waals surface area (Å²) >= 11 is 0. The van der Waals surface area contributed by atoms with E-state index < -0.39 is 0 Å². The lowest BCUT2D eigenvalue weighted by Crippen LogP contribution is -2.32. The van der Waals surface area contributed by atoms with Crippen LogP contribution in [0.2, 0.25) is 0 Å². The molecule has 5 rings (SSSR count). The number of amides is 2. The van der Waals surface area contributed by atoms with E-state index in [9.17, 15) is 9.59 Å². The maximum absolute atomic E-state index is 13.1. The molecular formula is C25H29N3O5. The van der Waals surface area contributed by atoms with Crippen LogP contribution in [-0.4, -0.2) is 62.4 Å². The number of aliphatic hydroxyl groups is 1. The zero-order chi connectivity index (χ0) is 23.1. The number of aliphatic hydroxyl groups excluding tert-OH is 1. The average molecular weight is 452 g/mol. The highest BCUT2D eigenvalue weighted by Crippen LogP contribution is 2.46. The lowest BCUT2D eigenvalue weighted by molar-refractivity contribution is 0.0946. The molecule has 2 aromatic rings. The van der Waals surface area contributed by atoms with Crippen LogP contribution in [0.4, 0.5) is 0 Å². The third-order valence-electron chi connectivity index (χ3n) is 6.93. The summed E-state index contributed by atoms with van der Waals surface area (Å²) in [4.78, 5) is 25.8. The Morgan fingerprint density at radius 1 is 1.18 bits per heavy atom. The lowest BCUT2D eigenvalue weighted by atomic mass is 9.86. The monoisotopic (exact) mass is 451 g/mol. The van der Waals surface area contributed by atoms with Crippen LogP contribution in [-0.2, 0) is 0 Å². The molecular weight excluding hydrogens is 422 g/mol. The van der Waals surface area contributed by atoms with Crippen LogP contribution in [0.1, 0.15) is 44.7 Å². The smallest absolute Gasteiger partial charge is 0.254 e. The van der Waals surface area contributed by atoms with Crippen LogP contribution in [0, 0.1) is 11.8 Å². The van der Waals surface area contributed by atoms with Gasteiger partial charge in [-0.1, -0.05) is 12.1 Å². The van der Waals surface area contributed by atoms with Crippen LogP contribution >= 0.6 is 0 Å². The first-order valence-corrected chi connectivity index (χ1v) is 11.4. The Kier molecular flexibility index (Phi) is 5.72. The number of carbonyl (C=O) groups is 2. The topological polar surface area (TPSA) is 109 Å². The van der Waals surface area contributed by atoms with Gasteiger partial charge in [0.1, 0.15) is 24.2 Å². The third-order valence-corrected chi connectivity index (χ3v) is 6.93. The minimum absolute atomic E-state index is 0.0667. The number of benzene rings is 2. The molecule has 0 unspecified atom stereocenters. The van der Waals surface area contributed by atoms with E-state index in [1.54, 1.807) is 13.1 Å². The highest BCUT2D eigenvalue weighted by molar-refractivity contribution is 6.02. The normalized spacial score (nSPS) is 26.7. The predicted octanol–water partition coefficient (Wildman–Crippen LogP) is 1.28. The van der Waals surface area contributed by atoms with E-state index in [0.717, 1.165) is 24.2 Å². The lowest BCUT2D eigenvalue weighted by Gasteiger charge is -2.17. The van der Waals surface area contributed by atoms with Crippen molar-refractivity contribution in [3.63, 3.8) is 0 Å². The Labute approximate surface area is 192 Å². The molecule has 0 aromatic heterocycles. The van der Waals surface area contributed by atoms with Crippen molar-refractivity contribution < 1.29 is 24.2 Å². The van der Waals surface area contributed by atoms with Crippen LogP contribution in [0.3, 0.4) is 0 Å². The fraction of sp³-hybridized carbons (Fsp3) is 0.440. The van der Waals surface area contributed by atoms with Crippen molar-refractivity contribution in [1.82, 2.24) is 16.0 Å². The van der Waals surface area contributed by atoms with E-state index in [4.69, 9.17) is 14.6 Å². The molecule has 174 valence electrons. The Morgan fingerprint density at radius 2 is 1.97 bits per heavy atom. The highest BCUT2D eigenvalue weighted by Gasteiger charge is 2.53. The number of ether oxygens (including phenoxy) is 2. The van der Waals surface area contributed by atoms with Crippen LogP contribution in [0.5, 0.6) is 11.5 Å². The van der Waals surface area contributed by atoms with Gasteiger partial charge in [0.2, 0.25) is 0 Å². The van der Waals surface area contributed by atoms with Gasteiger partial charge in [-0.3, -0.25) is 9.59 Å². The quantitative estimate of drug-likeness (QED) is 0.505. The van der Waals surface area contributed by atoms with Gasteiger partial charge in [0.25, 0.3) is 11.8 Å². The molecule has 1 saturated carbocycles. The number of rotatable bonds is 7. The Balaban J connectivity index is 1.50. The van der Waals surface area contributed by atoms with Gasteiger partial charge in [-0.2, -0.15) is 0 Å². The second kappa shape index (κ2) is 8.68. The van der Waals surface area contributed by atoms with Gasteiger partial charge in [-0.15, -0.1) is 0 Å². The molecule has 8 heteroatoms. The first kappa shape index (κ1) is 21.7. The van der Waals surface area contributed by atoms with Gasteiger partial charge < -0.3 is 30.5 Å². The number of hydrogen-bond donors (Lipinski definition) is 4. The molecule has 33 heavy (non-hydrogen) atoms. The van der Waals surface area contributed by atoms with Gasteiger partial charge >= 0.3 is 0 Å². The van der Waals surface area contributed by atoms with Crippen molar-refractivity contribution in [2.24, 2.45) is 11.8 Å². The summed E-state index contributed by atoms with van der Waals surface area (Å²) in [6, 6.07) is 11.3. The van der Waals surface area contributed by atoms with Crippen molar-refractivity contribution in [2.45, 2.75) is 25.0 Å². The van der Waals surface area contributed by atoms with E-state index in [-0.39, 0.29) is 43.1 Å². The van der Waals surface area contributed by atoms with Crippen molar-refractivity contribution in [2.75, 3.05) is 33.4 Å². The molecule has 5 atom stereocenters. The number of hydrogen-bond acceptors (Lipinski definition) is 6. The number of fused-ring (bicyclic) bond motifs is 2. The van der Waals surface area contributed by atoms with E-state index in [0.29, 0.717) is 34.5 Å². The Hall–Kier alpha value is -3.10. The van der Waals surface area contributed by atoms with E-state index >= 15 is 0 Å². The van der Waals surface area contributed by atoms with Crippen LogP contribution in [0.25, 0.3) is 0 Å². The predicted molar refractivity (Wildman–Crippen MR) is 122 cm³/mol. The van der Waals surface area contributed by atoms with Crippen molar-refractivity contribution in [3.8, 4) is 11.5 Å². The van der Waals surface area contributed by atoms with Gasteiger partial charge in [0.15, 0.2) is 0 Å². The molecule has 1 saturated heterocycles. The Bertz CT molecular complexity index is 1080. The van der Waals surface area contributed by atoms with E-state index in [1.807, 2.05) is 37.3 Å². The zero-order valence-corrected chi connectivity index (χ0v) is 18.8. The summed E-state index contributed by atoms with van der Waals surface area (Å²) in [5.74, 6) is 1.54. The Morgan fingerprint density at radius 3 is 2.70 bits per heavy atom. The second-order valence-corrected chi connectivity index (χ2v) is 8.95. The van der Waals surface area contributed by atoms with Crippen molar-refractivity contribution in [3.05, 3.63) is 58.7 Å². The molecule has 1 aliphatic carbocycles. The SMILES string of the molecule is CNC(=O)c1cc(C(=O)N[C@H]2[C@@H]3CNC[C@@H]32)cc2c1O[C@H](C)[C@H]2c1cccc(OCCO)c1. The first-order chi connectivity index (χ1) is 16.0. The van der Waals surface area contributed by atoms with Crippen LogP contribution < -0.4 is 25.4 Å². The molecule has 8 nitrogen and oxygen atoms in total. The molecule has 2 heterocycles. The highest BCUT2D eigenvalue weighted by atomic mass is 16.5. The zero-order valence-electron chi connectivity index (χ0n) is 18.8. The third kappa shape index (κ3) is 3.94. The number of nitrogens with one attached hydrogen (secondary N) is 3. The van der Waals surface area contributed by atoms with Gasteiger partial charge in [-0.25, -0.2) is 0 Å². The van der Waals surface area contributed by atoms with E-state index in [2.05, 4.69) is 16.0 Å². The summed E-state index contributed by atoms with van der Waals surface area (Å²) in [5, 5.41) is 18.2. The summed E-state index contributed by atoms with van der Waals surface area (Å²) in [5.41, 5.74) is 2.59. The van der Waals surface area contributed by atoms with Crippen molar-refractivity contribution >= 4 is 11.8 Å². The van der Waals surface area contributed by atoms with Crippen molar-refractivity contribution in [1.29, 1.82) is 0 Å². The standard InChI is InChI=1S/C25H29N3O5/c1-13-21(14-4-3-5-16(8-14)32-7-6-29)17-9-15(10-18(23(17)33-13)25(31)26-2)24(30)28-22-19-11-27-12-20(19)22/h3-5,8-10,13,19-22,27,29H,6-7,11-12H2,1-2H3,(H,26,31)(H,28,30)/t13-,19-,20+,21+,22+/m1/s1. The maximum Gasteiger partial charge on any atom is 0.254 e. The van der Waals surface area contributed by atoms with Gasteiger partial charge in [-0.05, 0) is 48.6 Å². The molecule has 0 spiro atoms. The molecule has 2 fully saturated rings. The van der Waals surface area contributed by atoms with Gasteiger partial charge in [0, 0.05) is 43.2 Å². The average Bonchev–Trinajstić information content (AvgIpc) is 3.15. The molecule has 4 N–H and O–H groups in total. The van der Waals surface area contributed by atoms with E-state index in [1.165, 1.54) is 0 Å². The second-order valence-electron chi connectivity index (χ2n) is 8.95. The molecule has 0 bridgehead atoms. The fourth-order valence-corrected chi connectivity index (χ4v) is 5.23. The summed E-state index contributed by atoms with van der Waals surface area (Å²) < 4.78 is 11.7. The molecule has 0 radical (unpaired) electrons. The minimum Gasteiger partial charge on any atom is -0.491 e. The molecule has 2 aromatic carbocycles. The summed E-state index contributed by atoms with van der Waals surface area (Å²) in [6.07, 6.45) is -0.233. The number of carbonyl (C=O) groups excluding carboxylic acids is 2.